The standard InChI is InChI=1S/C14H22/c1-8(2)5-4-6-13(3)9-7-10-12-11(9)14(10,12)13/h8-12H,4-7H2,1-3H3. The molecule has 0 heteroatoms. The van der Waals surface area contributed by atoms with Crippen LogP contribution in [-0.4, -0.2) is 0 Å². The van der Waals surface area contributed by atoms with E-state index in [4.69, 9.17) is 0 Å². The molecule has 6 atom stereocenters. The summed E-state index contributed by atoms with van der Waals surface area (Å²) in [5.74, 6) is 5.86. The molecule has 14 heavy (non-hydrogen) atoms. The molecule has 6 fully saturated rings. The van der Waals surface area contributed by atoms with Gasteiger partial charge in [-0.05, 0) is 53.3 Å². The second-order valence-corrected chi connectivity index (χ2v) is 7.14. The van der Waals surface area contributed by atoms with Crippen LogP contribution in [0.2, 0.25) is 0 Å². The average Bonchev–Trinajstić information content (AvgIpc) is 2.77. The zero-order valence-corrected chi connectivity index (χ0v) is 9.72. The summed E-state index contributed by atoms with van der Waals surface area (Å²) < 4.78 is 0. The molecule has 0 aromatic carbocycles. The van der Waals surface area contributed by atoms with Gasteiger partial charge in [-0.25, -0.2) is 0 Å². The van der Waals surface area contributed by atoms with E-state index < -0.39 is 0 Å². The van der Waals surface area contributed by atoms with E-state index in [1.165, 1.54) is 36.5 Å². The lowest BCUT2D eigenvalue weighted by Gasteiger charge is -2.47. The van der Waals surface area contributed by atoms with Crippen LogP contribution in [0.4, 0.5) is 0 Å². The Morgan fingerprint density at radius 3 is 2.36 bits per heavy atom. The average molecular weight is 190 g/mol. The van der Waals surface area contributed by atoms with E-state index in [9.17, 15) is 0 Å². The van der Waals surface area contributed by atoms with Crippen molar-refractivity contribution in [2.75, 3.05) is 0 Å². The fourth-order valence-electron chi connectivity index (χ4n) is 6.05. The highest BCUT2D eigenvalue weighted by Gasteiger charge is 3.04. The largest absolute Gasteiger partial charge is 0.0628 e. The maximum Gasteiger partial charge on any atom is -0.0141 e. The topological polar surface area (TPSA) is 0 Å². The van der Waals surface area contributed by atoms with Crippen molar-refractivity contribution in [2.24, 2.45) is 40.4 Å². The Balaban J connectivity index is 1.43. The zero-order valence-electron chi connectivity index (χ0n) is 9.72. The highest BCUT2D eigenvalue weighted by molar-refractivity contribution is 5.51. The summed E-state index contributed by atoms with van der Waals surface area (Å²) in [6, 6.07) is 0. The second-order valence-electron chi connectivity index (χ2n) is 7.14. The molecule has 6 rings (SSSR count). The lowest BCUT2D eigenvalue weighted by Crippen LogP contribution is -2.41. The quantitative estimate of drug-likeness (QED) is 0.634. The number of hydrogen-bond donors (Lipinski definition) is 0. The minimum absolute atomic E-state index is 0.835. The van der Waals surface area contributed by atoms with Crippen molar-refractivity contribution in [2.45, 2.75) is 46.5 Å². The van der Waals surface area contributed by atoms with Crippen LogP contribution in [-0.2, 0) is 0 Å². The minimum Gasteiger partial charge on any atom is -0.0628 e. The summed E-state index contributed by atoms with van der Waals surface area (Å²) >= 11 is 0. The van der Waals surface area contributed by atoms with Gasteiger partial charge in [-0.3, -0.25) is 0 Å². The second kappa shape index (κ2) is 1.95. The normalized spacial score (nSPS) is 65.1. The molecule has 0 aromatic rings. The summed E-state index contributed by atoms with van der Waals surface area (Å²) in [5, 5.41) is 0. The van der Waals surface area contributed by atoms with Gasteiger partial charge in [0, 0.05) is 0 Å². The predicted molar refractivity (Wildman–Crippen MR) is 57.8 cm³/mol. The fourth-order valence-corrected chi connectivity index (χ4v) is 6.05. The van der Waals surface area contributed by atoms with Crippen molar-refractivity contribution in [3.63, 3.8) is 0 Å². The molecule has 6 aliphatic rings. The molecule has 0 radical (unpaired) electrons. The monoisotopic (exact) mass is 190 g/mol. The Kier molecular flexibility index (Phi) is 1.14. The maximum absolute atomic E-state index is 2.63. The molecule has 1 spiro atoms. The molecule has 0 nitrogen and oxygen atoms in total. The number of rotatable bonds is 4. The first kappa shape index (κ1) is 8.19. The number of hydrogen-bond acceptors (Lipinski definition) is 0. The summed E-state index contributed by atoms with van der Waals surface area (Å²) in [6.07, 6.45) is 6.14. The van der Waals surface area contributed by atoms with Gasteiger partial charge in [-0.15, -0.1) is 0 Å². The molecule has 0 amide bonds. The highest BCUT2D eigenvalue weighted by Crippen LogP contribution is 3.08. The molecule has 0 saturated heterocycles. The molecule has 0 aliphatic heterocycles. The highest BCUT2D eigenvalue weighted by atomic mass is 15.1. The molecule has 6 aliphatic carbocycles. The molecular formula is C14H22. The Morgan fingerprint density at radius 2 is 1.93 bits per heavy atom. The first-order chi connectivity index (χ1) is 6.64. The molecule has 4 bridgehead atoms. The molecule has 0 N–H and O–H groups in total. The van der Waals surface area contributed by atoms with E-state index in [-0.39, 0.29) is 0 Å². The first-order valence-corrected chi connectivity index (χ1v) is 6.64. The summed E-state index contributed by atoms with van der Waals surface area (Å²) in [7, 11) is 0. The van der Waals surface area contributed by atoms with Crippen LogP contribution >= 0.6 is 0 Å². The Hall–Kier alpha value is 0. The van der Waals surface area contributed by atoms with Crippen molar-refractivity contribution in [1.82, 2.24) is 0 Å². The van der Waals surface area contributed by atoms with Crippen LogP contribution in [0.5, 0.6) is 0 Å². The zero-order chi connectivity index (χ0) is 9.72. The van der Waals surface area contributed by atoms with Gasteiger partial charge in [0.2, 0.25) is 0 Å². The van der Waals surface area contributed by atoms with Gasteiger partial charge in [0.15, 0.2) is 0 Å². The molecule has 0 aromatic heterocycles. The van der Waals surface area contributed by atoms with Crippen LogP contribution in [0.3, 0.4) is 0 Å². The van der Waals surface area contributed by atoms with E-state index in [0.717, 1.165) is 16.7 Å². The van der Waals surface area contributed by atoms with Crippen molar-refractivity contribution < 1.29 is 0 Å². The van der Waals surface area contributed by atoms with Gasteiger partial charge < -0.3 is 0 Å². The third kappa shape index (κ3) is 0.537. The Labute approximate surface area is 87.5 Å². The van der Waals surface area contributed by atoms with Gasteiger partial charge in [0.25, 0.3) is 0 Å². The van der Waals surface area contributed by atoms with Crippen molar-refractivity contribution >= 4 is 0 Å². The molecule has 0 heterocycles. The van der Waals surface area contributed by atoms with Crippen molar-refractivity contribution in [3.05, 3.63) is 0 Å². The van der Waals surface area contributed by atoms with E-state index in [1.54, 1.807) is 12.8 Å². The van der Waals surface area contributed by atoms with Gasteiger partial charge in [0.05, 0.1) is 0 Å². The van der Waals surface area contributed by atoms with Crippen molar-refractivity contribution in [3.8, 4) is 0 Å². The van der Waals surface area contributed by atoms with E-state index in [0.29, 0.717) is 0 Å². The minimum atomic E-state index is 0.835. The third-order valence-corrected chi connectivity index (χ3v) is 6.55. The van der Waals surface area contributed by atoms with Gasteiger partial charge in [0.1, 0.15) is 0 Å². The molecule has 6 unspecified atom stereocenters. The maximum atomic E-state index is 2.63. The SMILES string of the molecule is CC(C)CCCC1(C)C2CC3C4C2C341. The summed E-state index contributed by atoms with van der Waals surface area (Å²) in [6.45, 7) is 7.35. The van der Waals surface area contributed by atoms with Gasteiger partial charge in [-0.1, -0.05) is 33.6 Å². The predicted octanol–water partition coefficient (Wildman–Crippen LogP) is 3.71. The van der Waals surface area contributed by atoms with Gasteiger partial charge >= 0.3 is 0 Å². The Bertz CT molecular complexity index is 288. The fraction of sp³-hybridized carbons (Fsp3) is 1.00. The first-order valence-electron chi connectivity index (χ1n) is 6.64. The summed E-state index contributed by atoms with van der Waals surface area (Å²) in [4.78, 5) is 0. The van der Waals surface area contributed by atoms with Crippen LogP contribution in [0.15, 0.2) is 0 Å². The van der Waals surface area contributed by atoms with Crippen molar-refractivity contribution in [1.29, 1.82) is 0 Å². The van der Waals surface area contributed by atoms with E-state index in [1.807, 2.05) is 0 Å². The van der Waals surface area contributed by atoms with Crippen LogP contribution in [0.25, 0.3) is 0 Å². The molecule has 6 saturated carbocycles. The van der Waals surface area contributed by atoms with Gasteiger partial charge in [-0.2, -0.15) is 0 Å². The van der Waals surface area contributed by atoms with E-state index >= 15 is 0 Å². The van der Waals surface area contributed by atoms with Crippen LogP contribution in [0, 0.1) is 40.4 Å². The Morgan fingerprint density at radius 1 is 1.21 bits per heavy atom. The van der Waals surface area contributed by atoms with Crippen LogP contribution < -0.4 is 0 Å². The molecule has 78 valence electrons. The summed E-state index contributed by atoms with van der Waals surface area (Å²) in [5.41, 5.74) is 1.82. The third-order valence-electron chi connectivity index (χ3n) is 6.55. The lowest BCUT2D eigenvalue weighted by molar-refractivity contribution is 0.00621. The smallest absolute Gasteiger partial charge is 0.0141 e. The molecular weight excluding hydrogens is 168 g/mol. The van der Waals surface area contributed by atoms with E-state index in [2.05, 4.69) is 20.8 Å². The lowest BCUT2D eigenvalue weighted by atomic mass is 9.57. The van der Waals surface area contributed by atoms with Crippen LogP contribution in [0.1, 0.15) is 46.5 Å².